The van der Waals surface area contributed by atoms with Crippen molar-refractivity contribution in [1.82, 2.24) is 0 Å². The normalized spacial score (nSPS) is 16.0. The van der Waals surface area contributed by atoms with Crippen molar-refractivity contribution in [3.05, 3.63) is 29.5 Å². The van der Waals surface area contributed by atoms with Crippen LogP contribution in [0.4, 0.5) is 11.4 Å². The van der Waals surface area contributed by atoms with Gasteiger partial charge in [0.05, 0.1) is 11.4 Å². The van der Waals surface area contributed by atoms with Crippen LogP contribution in [-0.2, 0) is 4.79 Å². The molecule has 5 heteroatoms. The summed E-state index contributed by atoms with van der Waals surface area (Å²) in [6.07, 6.45) is 0. The molecule has 0 fully saturated rings. The lowest BCUT2D eigenvalue weighted by Gasteiger charge is -2.37. The van der Waals surface area contributed by atoms with Crippen LogP contribution in [0.1, 0.15) is 0 Å². The van der Waals surface area contributed by atoms with Gasteiger partial charge in [0.1, 0.15) is 6.54 Å². The number of carbonyl (C=O) groups excluding carboxylic acids is 1. The van der Waals surface area contributed by atoms with Crippen LogP contribution in [0.2, 0.25) is 0 Å². The smallest absolute Gasteiger partial charge is 0.238 e. The fourth-order valence-electron chi connectivity index (χ4n) is 1.27. The molecule has 5 nitrogen and oxygen atoms in total. The average molecular weight is 179 g/mol. The fraction of sp³-hybridized carbons (Fsp3) is 0.125. The number of rotatable bonds is 0. The zero-order chi connectivity index (χ0) is 9.42. The maximum absolute atomic E-state index is 11.2. The molecule has 0 aliphatic carbocycles. The van der Waals surface area contributed by atoms with E-state index in [1.165, 1.54) is 6.07 Å². The highest BCUT2D eigenvalue weighted by Gasteiger charge is 2.21. The highest BCUT2D eigenvalue weighted by Crippen LogP contribution is 2.31. The van der Waals surface area contributed by atoms with Gasteiger partial charge in [0.25, 0.3) is 0 Å². The van der Waals surface area contributed by atoms with E-state index in [0.29, 0.717) is 10.8 Å². The van der Waals surface area contributed by atoms with Gasteiger partial charge >= 0.3 is 0 Å². The van der Waals surface area contributed by atoms with Gasteiger partial charge < -0.3 is 10.3 Å². The maximum atomic E-state index is 11.2. The van der Waals surface area contributed by atoms with Crippen LogP contribution in [0, 0.1) is 5.21 Å². The minimum absolute atomic E-state index is 0.182. The molecule has 1 heterocycles. The Labute approximate surface area is 74.3 Å². The molecule has 0 atom stereocenters. The number of nitrogens with zero attached hydrogens (tertiary/aromatic N) is 2. The van der Waals surface area contributed by atoms with E-state index in [-0.39, 0.29) is 12.2 Å². The fourth-order valence-corrected chi connectivity index (χ4v) is 1.27. The molecule has 13 heavy (non-hydrogen) atoms. The summed E-state index contributed by atoms with van der Waals surface area (Å²) in [4.78, 5) is 11.0. The lowest BCUT2D eigenvalue weighted by Crippen LogP contribution is -2.41. The van der Waals surface area contributed by atoms with E-state index < -0.39 is 5.91 Å². The molecule has 0 radical (unpaired) electrons. The molecule has 1 aliphatic heterocycles. The zero-order valence-corrected chi connectivity index (χ0v) is 6.67. The Balaban J connectivity index is 2.53. The Hall–Kier alpha value is -1.59. The van der Waals surface area contributed by atoms with Gasteiger partial charge in [-0.3, -0.25) is 10.0 Å². The second kappa shape index (κ2) is 2.72. The Kier molecular flexibility index (Phi) is 1.68. The summed E-state index contributed by atoms with van der Waals surface area (Å²) in [6.45, 7) is -0.291. The lowest BCUT2D eigenvalue weighted by molar-refractivity contribution is -0.117. The van der Waals surface area contributed by atoms with Crippen molar-refractivity contribution in [2.45, 2.75) is 0 Å². The van der Waals surface area contributed by atoms with E-state index in [1.807, 2.05) is 0 Å². The summed E-state index contributed by atoms with van der Waals surface area (Å²) in [6, 6.07) is 6.39. The molecule has 1 amide bonds. The van der Waals surface area contributed by atoms with Crippen molar-refractivity contribution in [3.63, 3.8) is 0 Å². The summed E-state index contributed by atoms with van der Waals surface area (Å²) in [7, 11) is 0. The maximum Gasteiger partial charge on any atom is 0.238 e. The van der Waals surface area contributed by atoms with E-state index in [4.69, 9.17) is 0 Å². The summed E-state index contributed by atoms with van der Waals surface area (Å²) >= 11 is 0. The van der Waals surface area contributed by atoms with Gasteiger partial charge in [0, 0.05) is 0 Å². The van der Waals surface area contributed by atoms with Crippen LogP contribution < -0.4 is 10.1 Å². The average Bonchev–Trinajstić information content (AvgIpc) is 2.15. The molecule has 0 aromatic heterocycles. The lowest BCUT2D eigenvalue weighted by atomic mass is 10.2. The quantitative estimate of drug-likeness (QED) is 0.637. The first kappa shape index (κ1) is 8.03. The minimum Gasteiger partial charge on any atom is -0.752 e. The van der Waals surface area contributed by atoms with Crippen molar-refractivity contribution in [2.24, 2.45) is 0 Å². The molecule has 1 N–H and O–H groups in total. The summed E-state index contributed by atoms with van der Waals surface area (Å²) in [5.41, 5.74) is 0.540. The van der Waals surface area contributed by atoms with Gasteiger partial charge in [-0.1, -0.05) is 12.1 Å². The second-order valence-corrected chi connectivity index (χ2v) is 2.73. The molecule has 1 aliphatic rings. The first-order valence-electron chi connectivity index (χ1n) is 3.75. The van der Waals surface area contributed by atoms with E-state index in [1.54, 1.807) is 18.2 Å². The number of carbonyl (C=O) groups is 1. The van der Waals surface area contributed by atoms with Crippen molar-refractivity contribution in [2.75, 3.05) is 16.7 Å². The van der Waals surface area contributed by atoms with Crippen LogP contribution in [-0.4, -0.2) is 17.7 Å². The molecular formula is C8H7N2O3-. The number of hydrogen-bond acceptors (Lipinski definition) is 4. The SMILES string of the molecule is O=C1CN(O)c2ccccc2N1[O-]. The third-order valence-corrected chi connectivity index (χ3v) is 1.89. The number of para-hydroxylation sites is 2. The number of fused-ring (bicyclic) bond motifs is 1. The van der Waals surface area contributed by atoms with Crippen molar-refractivity contribution in [1.29, 1.82) is 0 Å². The predicted octanol–water partition coefficient (Wildman–Crippen LogP) is 0.727. The van der Waals surface area contributed by atoms with Crippen LogP contribution >= 0.6 is 0 Å². The van der Waals surface area contributed by atoms with E-state index in [2.05, 4.69) is 0 Å². The summed E-state index contributed by atoms with van der Waals surface area (Å²) < 4.78 is 0. The van der Waals surface area contributed by atoms with Gasteiger partial charge in [0.15, 0.2) is 0 Å². The summed E-state index contributed by atoms with van der Waals surface area (Å²) in [5.74, 6) is -0.666. The number of benzene rings is 1. The van der Waals surface area contributed by atoms with Crippen LogP contribution in [0.3, 0.4) is 0 Å². The van der Waals surface area contributed by atoms with Gasteiger partial charge in [-0.05, 0) is 12.1 Å². The molecule has 0 spiro atoms. The largest absolute Gasteiger partial charge is 0.752 e. The Morgan fingerprint density at radius 2 is 1.92 bits per heavy atom. The van der Waals surface area contributed by atoms with Crippen LogP contribution in [0.5, 0.6) is 0 Å². The van der Waals surface area contributed by atoms with Crippen molar-refractivity contribution >= 4 is 17.3 Å². The highest BCUT2D eigenvalue weighted by atomic mass is 16.5. The molecule has 0 bridgehead atoms. The molecule has 0 saturated heterocycles. The Morgan fingerprint density at radius 1 is 1.31 bits per heavy atom. The third-order valence-electron chi connectivity index (χ3n) is 1.89. The van der Waals surface area contributed by atoms with Crippen LogP contribution in [0.25, 0.3) is 0 Å². The van der Waals surface area contributed by atoms with Gasteiger partial charge in [-0.25, -0.2) is 5.06 Å². The van der Waals surface area contributed by atoms with E-state index in [0.717, 1.165) is 5.06 Å². The monoisotopic (exact) mass is 179 g/mol. The van der Waals surface area contributed by atoms with Gasteiger partial charge in [0.2, 0.25) is 5.91 Å². The Bertz CT molecular complexity index is 353. The van der Waals surface area contributed by atoms with E-state index in [9.17, 15) is 15.2 Å². The van der Waals surface area contributed by atoms with Crippen LogP contribution in [0.15, 0.2) is 24.3 Å². The molecule has 2 rings (SSSR count). The number of hydroxylamine groups is 2. The molecule has 1 aromatic rings. The number of hydrogen-bond donors (Lipinski definition) is 1. The first-order valence-corrected chi connectivity index (χ1v) is 3.75. The van der Waals surface area contributed by atoms with Crippen molar-refractivity contribution < 1.29 is 10.0 Å². The minimum atomic E-state index is -0.666. The topological polar surface area (TPSA) is 66.8 Å². The number of amides is 1. The molecule has 1 aromatic carbocycles. The molecular weight excluding hydrogens is 172 g/mol. The number of anilines is 2. The highest BCUT2D eigenvalue weighted by molar-refractivity contribution is 6.03. The summed E-state index contributed by atoms with van der Waals surface area (Å²) in [5, 5.41) is 21.6. The van der Waals surface area contributed by atoms with Gasteiger partial charge in [-0.2, -0.15) is 0 Å². The predicted molar refractivity (Wildman–Crippen MR) is 46.4 cm³/mol. The molecule has 68 valence electrons. The third kappa shape index (κ3) is 1.14. The molecule has 0 saturated carbocycles. The first-order chi connectivity index (χ1) is 6.20. The standard InChI is InChI=1S/C8H7N2O3/c11-8-5-9(12)6-3-1-2-4-7(6)10(8)13/h1-4,12H,5H2/q-1. The van der Waals surface area contributed by atoms with Gasteiger partial charge in [-0.15, -0.1) is 0 Å². The van der Waals surface area contributed by atoms with Crippen molar-refractivity contribution in [3.8, 4) is 0 Å². The van der Waals surface area contributed by atoms with E-state index >= 15 is 0 Å². The zero-order valence-electron chi connectivity index (χ0n) is 6.67. The molecule has 0 unspecified atom stereocenters. The Morgan fingerprint density at radius 3 is 2.62 bits per heavy atom. The second-order valence-electron chi connectivity index (χ2n) is 2.73.